The van der Waals surface area contributed by atoms with Crippen LogP contribution in [0, 0.1) is 0 Å². The third-order valence-electron chi connectivity index (χ3n) is 16.9. The average Bonchev–Trinajstić information content (AvgIpc) is 0.786. The Morgan fingerprint density at radius 2 is 0.737 bits per heavy atom. The second-order valence-corrected chi connectivity index (χ2v) is 24.9. The van der Waals surface area contributed by atoms with E-state index in [9.17, 15) is 61.0 Å². The highest BCUT2D eigenvalue weighted by atomic mass is 16.8. The van der Waals surface area contributed by atoms with Crippen molar-refractivity contribution in [1.82, 2.24) is 5.32 Å². The van der Waals surface area contributed by atoms with Gasteiger partial charge in [-0.15, -0.1) is 0 Å². The molecule has 0 spiro atoms. The Bertz CT molecular complexity index is 2240. The van der Waals surface area contributed by atoms with Crippen LogP contribution in [0.25, 0.3) is 0 Å². The van der Waals surface area contributed by atoms with Crippen LogP contribution in [-0.2, 0) is 33.2 Å². The zero-order valence-corrected chi connectivity index (χ0v) is 57.3. The third kappa shape index (κ3) is 37.1. The Kier molecular flexibility index (Phi) is 50.0. The number of aliphatic hydroxyl groups excluding tert-OH is 11. The van der Waals surface area contributed by atoms with E-state index in [1.807, 2.05) is 6.08 Å². The number of rotatable bonds is 53. The lowest BCUT2D eigenvalue weighted by Crippen LogP contribution is -2.66. The van der Waals surface area contributed by atoms with Crippen molar-refractivity contribution in [2.24, 2.45) is 0 Å². The van der Waals surface area contributed by atoms with E-state index in [0.29, 0.717) is 12.8 Å². The van der Waals surface area contributed by atoms with Gasteiger partial charge in [0, 0.05) is 6.42 Å². The minimum atomic E-state index is -1.99. The van der Waals surface area contributed by atoms with Crippen LogP contribution in [0.1, 0.15) is 206 Å². The lowest BCUT2D eigenvalue weighted by molar-refractivity contribution is -0.379. The molecule has 3 aliphatic rings. The summed E-state index contributed by atoms with van der Waals surface area (Å²) in [6.45, 7) is 1.56. The maximum atomic E-state index is 13.4. The van der Waals surface area contributed by atoms with Gasteiger partial charge >= 0.3 is 0 Å². The number of allylic oxidation sites excluding steroid dienone is 21. The monoisotopic (exact) mass is 1340 g/mol. The van der Waals surface area contributed by atoms with E-state index in [1.165, 1.54) is 70.6 Å². The first-order chi connectivity index (χ1) is 46.3. The van der Waals surface area contributed by atoms with Crippen LogP contribution in [0.5, 0.6) is 0 Å². The smallest absolute Gasteiger partial charge is 0.220 e. The SMILES string of the molecule is CC/C=C\C/C=C\C/C=C\C/C=C\C/C=C\C/C=C\C/C=C\C/C=C\CCCCCCC(=O)NC(COC1OC(CO)C(OC2OC(CO)C(OC3OC(CO)C(O)C(O)C3O)C(O)C2O)C(O)C1O)C(O)/C=C/CC/C=C/CC/C=C/CCCCCCCCCCCCC. The average molecular weight is 1340 g/mol. The number of unbranched alkanes of at least 4 members (excludes halogenated alkanes) is 17. The van der Waals surface area contributed by atoms with Crippen molar-refractivity contribution in [2.75, 3.05) is 26.4 Å². The molecule has 12 N–H and O–H groups in total. The van der Waals surface area contributed by atoms with E-state index >= 15 is 0 Å². The van der Waals surface area contributed by atoms with Crippen LogP contribution in [0.2, 0.25) is 0 Å². The van der Waals surface area contributed by atoms with E-state index in [2.05, 4.69) is 141 Å². The molecular weight excluding hydrogens is 1210 g/mol. The molecular formula is C76H125NO18. The van der Waals surface area contributed by atoms with Gasteiger partial charge in [-0.2, -0.15) is 0 Å². The van der Waals surface area contributed by atoms with Crippen LogP contribution < -0.4 is 5.32 Å². The molecule has 0 aromatic rings. The van der Waals surface area contributed by atoms with E-state index in [-0.39, 0.29) is 12.3 Å². The largest absolute Gasteiger partial charge is 0.394 e. The molecule has 0 aromatic carbocycles. The van der Waals surface area contributed by atoms with E-state index < -0.39 is 131 Å². The Hall–Kier alpha value is -4.07. The molecule has 542 valence electrons. The van der Waals surface area contributed by atoms with E-state index in [0.717, 1.165) is 103 Å². The Morgan fingerprint density at radius 3 is 1.18 bits per heavy atom. The van der Waals surface area contributed by atoms with Crippen LogP contribution in [0.3, 0.4) is 0 Å². The molecule has 0 saturated carbocycles. The first-order valence-electron chi connectivity index (χ1n) is 35.9. The van der Waals surface area contributed by atoms with Gasteiger partial charge in [0.1, 0.15) is 73.2 Å². The lowest BCUT2D eigenvalue weighted by atomic mass is 9.96. The number of nitrogens with one attached hydrogen (secondary N) is 1. The van der Waals surface area contributed by atoms with E-state index in [4.69, 9.17) is 28.4 Å². The maximum absolute atomic E-state index is 13.4. The highest BCUT2D eigenvalue weighted by Crippen LogP contribution is 2.33. The van der Waals surface area contributed by atoms with Crippen LogP contribution >= 0.6 is 0 Å². The second-order valence-electron chi connectivity index (χ2n) is 24.9. The van der Waals surface area contributed by atoms with Gasteiger partial charge in [0.25, 0.3) is 0 Å². The molecule has 17 unspecified atom stereocenters. The van der Waals surface area contributed by atoms with Crippen molar-refractivity contribution < 1.29 is 89.4 Å². The summed E-state index contributed by atoms with van der Waals surface area (Å²) in [5, 5.41) is 121. The maximum Gasteiger partial charge on any atom is 0.220 e. The summed E-state index contributed by atoms with van der Waals surface area (Å²) in [4.78, 5) is 13.4. The fourth-order valence-electron chi connectivity index (χ4n) is 11.1. The van der Waals surface area contributed by atoms with Gasteiger partial charge in [-0.05, 0) is 109 Å². The summed E-state index contributed by atoms with van der Waals surface area (Å²) in [7, 11) is 0. The highest BCUT2D eigenvalue weighted by Gasteiger charge is 2.53. The summed E-state index contributed by atoms with van der Waals surface area (Å²) in [5.41, 5.74) is 0. The first kappa shape index (κ1) is 85.2. The molecule has 0 radical (unpaired) electrons. The molecule has 17 atom stereocenters. The normalized spacial score (nSPS) is 28.0. The minimum absolute atomic E-state index is 0.193. The van der Waals surface area contributed by atoms with Crippen LogP contribution in [0.4, 0.5) is 0 Å². The molecule has 0 bridgehead atoms. The number of ether oxygens (including phenoxy) is 6. The number of hydrogen-bond acceptors (Lipinski definition) is 18. The predicted molar refractivity (Wildman–Crippen MR) is 373 cm³/mol. The van der Waals surface area contributed by atoms with Crippen molar-refractivity contribution in [3.05, 3.63) is 134 Å². The zero-order chi connectivity index (χ0) is 68.9. The van der Waals surface area contributed by atoms with Gasteiger partial charge in [-0.25, -0.2) is 0 Å². The molecule has 0 aliphatic carbocycles. The topological polar surface area (TPSA) is 307 Å². The molecule has 3 rings (SSSR count). The summed E-state index contributed by atoms with van der Waals surface area (Å²) in [6.07, 6.45) is 51.3. The Morgan fingerprint density at radius 1 is 0.389 bits per heavy atom. The minimum Gasteiger partial charge on any atom is -0.394 e. The number of carbonyl (C=O) groups excluding carboxylic acids is 1. The van der Waals surface area contributed by atoms with Crippen molar-refractivity contribution in [1.29, 1.82) is 0 Å². The standard InChI is InChI=1S/C76H125NO18/c1-3-5-7-9-11-13-15-17-19-21-23-25-26-27-28-29-30-31-32-34-36-38-40-42-44-46-48-50-52-54-64(82)77-59(60(81)53-51-49-47-45-43-41-39-37-35-33-24-22-20-18-16-14-12-10-8-6-4-2)58-90-74-70(88)67(85)72(62(56-79)92-74)95-76-71(89)68(86)73(63(57-80)93-76)94-75-69(87)66(84)65(83)61(55-78)91-75/h5,7,11,13,17,19,23,25,27-28,30-31,34-37,40,42-43,45,51,53,59-63,65-76,78-81,83-89H,3-4,6,8-10,12,14-16,18,20-22,24,26,29,32-33,38-39,41,44,46-50,52,54-58H2,1-2H3,(H,77,82)/b7-5-,13-11-,19-17-,25-23-,28-27-,31-30-,36-34-,37-35+,42-40-,45-43+,53-51+. The summed E-state index contributed by atoms with van der Waals surface area (Å²) in [6, 6.07) is -1.02. The molecule has 19 nitrogen and oxygen atoms in total. The molecule has 3 aliphatic heterocycles. The first-order valence-corrected chi connectivity index (χ1v) is 35.9. The molecule has 1 amide bonds. The Balaban J connectivity index is 1.46. The summed E-state index contributed by atoms with van der Waals surface area (Å²) < 4.78 is 34.3. The van der Waals surface area contributed by atoms with Gasteiger partial charge in [-0.1, -0.05) is 225 Å². The summed E-state index contributed by atoms with van der Waals surface area (Å²) in [5.74, 6) is -0.320. The van der Waals surface area contributed by atoms with E-state index in [1.54, 1.807) is 6.08 Å². The third-order valence-corrected chi connectivity index (χ3v) is 16.9. The molecule has 3 heterocycles. The Labute approximate surface area is 569 Å². The number of aliphatic hydroxyl groups is 11. The molecule has 0 aromatic heterocycles. The number of amides is 1. The predicted octanol–water partition coefficient (Wildman–Crippen LogP) is 10.2. The molecule has 3 fully saturated rings. The molecule has 3 saturated heterocycles. The van der Waals surface area contributed by atoms with Crippen molar-refractivity contribution in [2.45, 2.75) is 311 Å². The zero-order valence-electron chi connectivity index (χ0n) is 57.3. The summed E-state index contributed by atoms with van der Waals surface area (Å²) >= 11 is 0. The van der Waals surface area contributed by atoms with Crippen molar-refractivity contribution in [3.8, 4) is 0 Å². The second kappa shape index (κ2) is 55.8. The number of hydrogen-bond donors (Lipinski definition) is 12. The van der Waals surface area contributed by atoms with Gasteiger partial charge in [-0.3, -0.25) is 4.79 Å². The van der Waals surface area contributed by atoms with Crippen LogP contribution in [0.15, 0.2) is 134 Å². The van der Waals surface area contributed by atoms with Crippen molar-refractivity contribution >= 4 is 5.91 Å². The molecule has 19 heteroatoms. The number of carbonyl (C=O) groups is 1. The van der Waals surface area contributed by atoms with Gasteiger partial charge in [0.05, 0.1) is 38.6 Å². The van der Waals surface area contributed by atoms with Gasteiger partial charge in [0.2, 0.25) is 5.91 Å². The van der Waals surface area contributed by atoms with Gasteiger partial charge in [0.15, 0.2) is 18.9 Å². The fourth-order valence-corrected chi connectivity index (χ4v) is 11.1. The molecule has 95 heavy (non-hydrogen) atoms. The highest BCUT2D eigenvalue weighted by molar-refractivity contribution is 5.76. The fraction of sp³-hybridized carbons (Fsp3) is 0.697. The van der Waals surface area contributed by atoms with Gasteiger partial charge < -0.3 is 89.9 Å². The quantitative estimate of drug-likeness (QED) is 0.0199. The lowest BCUT2D eigenvalue weighted by Gasteiger charge is -2.48. The van der Waals surface area contributed by atoms with Crippen molar-refractivity contribution in [3.63, 3.8) is 0 Å². The van der Waals surface area contributed by atoms with Crippen LogP contribution in [-0.4, -0.2) is 193 Å².